The molecule has 0 aliphatic rings. The summed E-state index contributed by atoms with van der Waals surface area (Å²) in [5, 5.41) is 4.90. The van der Waals surface area contributed by atoms with Crippen molar-refractivity contribution in [3.05, 3.63) is 53.7 Å². The Morgan fingerprint density at radius 3 is 2.57 bits per heavy atom. The van der Waals surface area contributed by atoms with Gasteiger partial charge in [-0.15, -0.1) is 0 Å². The number of hydrogen-bond acceptors (Lipinski definition) is 4. The van der Waals surface area contributed by atoms with E-state index in [1.165, 1.54) is 37.6 Å². The smallest absolute Gasteiger partial charge is 0.255 e. The fraction of sp³-hybridized carbons (Fsp3) is 0.133. The molecule has 0 spiro atoms. The van der Waals surface area contributed by atoms with Gasteiger partial charge >= 0.3 is 0 Å². The zero-order chi connectivity index (χ0) is 17.0. The van der Waals surface area contributed by atoms with Crippen LogP contribution < -0.4 is 16.4 Å². The zero-order valence-corrected chi connectivity index (χ0v) is 12.1. The molecule has 2 aromatic rings. The monoisotopic (exact) mass is 319 g/mol. The molecule has 3 amide bonds. The number of carbonyl (C=O) groups is 3. The number of carbonyl (C=O) groups excluding carboxylic acids is 3. The van der Waals surface area contributed by atoms with Gasteiger partial charge in [0, 0.05) is 5.69 Å². The van der Waals surface area contributed by atoms with Gasteiger partial charge in [-0.25, -0.2) is 4.39 Å². The maximum Gasteiger partial charge on any atom is 0.255 e. The van der Waals surface area contributed by atoms with E-state index in [4.69, 9.17) is 10.2 Å². The van der Waals surface area contributed by atoms with Crippen LogP contribution in [0.2, 0.25) is 0 Å². The number of halogens is 1. The van der Waals surface area contributed by atoms with E-state index in [9.17, 15) is 18.8 Å². The van der Waals surface area contributed by atoms with Gasteiger partial charge in [0.05, 0.1) is 17.4 Å². The Bertz CT molecular complexity index is 743. The molecule has 2 rings (SSSR count). The first-order chi connectivity index (χ1) is 10.9. The fourth-order valence-corrected chi connectivity index (χ4v) is 1.78. The molecule has 0 bridgehead atoms. The predicted octanol–water partition coefficient (Wildman–Crippen LogP) is 1.27. The number of primary amides is 1. The maximum atomic E-state index is 13.6. The fourth-order valence-electron chi connectivity index (χ4n) is 1.78. The summed E-state index contributed by atoms with van der Waals surface area (Å²) in [5.41, 5.74) is 5.14. The summed E-state index contributed by atoms with van der Waals surface area (Å²) in [7, 11) is 0. The molecule has 0 fully saturated rings. The minimum Gasteiger partial charge on any atom is -0.472 e. The Labute approximate surface area is 130 Å². The lowest BCUT2D eigenvalue weighted by Crippen LogP contribution is -2.41. The number of hydrogen-bond donors (Lipinski definition) is 3. The Morgan fingerprint density at radius 2 is 2.00 bits per heavy atom. The van der Waals surface area contributed by atoms with Crippen molar-refractivity contribution in [1.82, 2.24) is 5.32 Å². The van der Waals surface area contributed by atoms with Gasteiger partial charge in [-0.05, 0) is 31.2 Å². The predicted molar refractivity (Wildman–Crippen MR) is 79.2 cm³/mol. The highest BCUT2D eigenvalue weighted by Gasteiger charge is 2.18. The van der Waals surface area contributed by atoms with Gasteiger partial charge in [0.1, 0.15) is 18.1 Å². The van der Waals surface area contributed by atoms with Crippen LogP contribution in [-0.4, -0.2) is 23.8 Å². The summed E-state index contributed by atoms with van der Waals surface area (Å²) in [5.74, 6) is -2.77. The first-order valence-corrected chi connectivity index (χ1v) is 6.61. The van der Waals surface area contributed by atoms with E-state index in [0.717, 1.165) is 6.07 Å². The highest BCUT2D eigenvalue weighted by Crippen LogP contribution is 2.14. The Balaban J connectivity index is 1.99. The SMILES string of the molecule is C[C@@H](NC(=O)c1ccoc1)C(=O)Nc1ccc(C(N)=O)c(F)c1. The number of nitrogens with two attached hydrogens (primary N) is 1. The minimum absolute atomic E-state index is 0.141. The molecule has 0 radical (unpaired) electrons. The summed E-state index contributed by atoms with van der Waals surface area (Å²) in [6.45, 7) is 1.47. The first kappa shape index (κ1) is 16.2. The number of furan rings is 1. The molecule has 0 aliphatic heterocycles. The highest BCUT2D eigenvalue weighted by atomic mass is 19.1. The minimum atomic E-state index is -0.902. The quantitative estimate of drug-likeness (QED) is 0.770. The topological polar surface area (TPSA) is 114 Å². The summed E-state index contributed by atoms with van der Waals surface area (Å²) in [6.07, 6.45) is 2.58. The molecule has 4 N–H and O–H groups in total. The molecule has 0 aliphatic carbocycles. The molecule has 1 heterocycles. The lowest BCUT2D eigenvalue weighted by atomic mass is 10.1. The second kappa shape index (κ2) is 6.73. The Hall–Kier alpha value is -3.16. The van der Waals surface area contributed by atoms with Gasteiger partial charge in [0.15, 0.2) is 0 Å². The Morgan fingerprint density at radius 1 is 1.26 bits per heavy atom. The van der Waals surface area contributed by atoms with Crippen LogP contribution in [0.1, 0.15) is 27.6 Å². The van der Waals surface area contributed by atoms with Gasteiger partial charge in [-0.2, -0.15) is 0 Å². The van der Waals surface area contributed by atoms with Crippen molar-refractivity contribution in [1.29, 1.82) is 0 Å². The highest BCUT2D eigenvalue weighted by molar-refractivity contribution is 6.01. The van der Waals surface area contributed by atoms with E-state index in [-0.39, 0.29) is 16.8 Å². The van der Waals surface area contributed by atoms with E-state index in [2.05, 4.69) is 10.6 Å². The third-order valence-electron chi connectivity index (χ3n) is 3.03. The van der Waals surface area contributed by atoms with E-state index in [1.807, 2.05) is 0 Å². The van der Waals surface area contributed by atoms with Crippen molar-refractivity contribution < 1.29 is 23.2 Å². The molecule has 0 saturated heterocycles. The summed E-state index contributed by atoms with van der Waals surface area (Å²) in [4.78, 5) is 34.7. The van der Waals surface area contributed by atoms with Gasteiger partial charge in [-0.3, -0.25) is 14.4 Å². The van der Waals surface area contributed by atoms with Crippen LogP contribution in [0.4, 0.5) is 10.1 Å². The van der Waals surface area contributed by atoms with Crippen LogP contribution in [0.5, 0.6) is 0 Å². The molecule has 7 nitrogen and oxygen atoms in total. The van der Waals surface area contributed by atoms with Crippen LogP contribution in [0.15, 0.2) is 41.2 Å². The third-order valence-corrected chi connectivity index (χ3v) is 3.03. The standard InChI is InChI=1S/C15H14FN3O4/c1-8(18-15(22)9-4-5-23-7-9)14(21)19-10-2-3-11(13(17)20)12(16)6-10/h2-8H,1H3,(H2,17,20)(H,18,22)(H,19,21)/t8-/m1/s1. The Kier molecular flexibility index (Phi) is 4.75. The average molecular weight is 319 g/mol. The molecule has 1 aromatic carbocycles. The van der Waals surface area contributed by atoms with Crippen molar-refractivity contribution in [2.45, 2.75) is 13.0 Å². The summed E-state index contributed by atoms with van der Waals surface area (Å²) in [6, 6.07) is 4.07. The molecular weight excluding hydrogens is 305 g/mol. The van der Waals surface area contributed by atoms with Crippen LogP contribution >= 0.6 is 0 Å². The third kappa shape index (κ3) is 3.94. The van der Waals surface area contributed by atoms with Crippen LogP contribution in [0, 0.1) is 5.82 Å². The molecule has 8 heteroatoms. The number of rotatable bonds is 5. The van der Waals surface area contributed by atoms with Crippen molar-refractivity contribution in [3.8, 4) is 0 Å². The summed E-state index contributed by atoms with van der Waals surface area (Å²) >= 11 is 0. The maximum absolute atomic E-state index is 13.6. The lowest BCUT2D eigenvalue weighted by Gasteiger charge is -2.14. The first-order valence-electron chi connectivity index (χ1n) is 6.61. The molecular formula is C15H14FN3O4. The van der Waals surface area contributed by atoms with Crippen molar-refractivity contribution in [2.24, 2.45) is 5.73 Å². The van der Waals surface area contributed by atoms with Crippen LogP contribution in [0.3, 0.4) is 0 Å². The van der Waals surface area contributed by atoms with Crippen molar-refractivity contribution in [2.75, 3.05) is 5.32 Å². The lowest BCUT2D eigenvalue weighted by molar-refractivity contribution is -0.117. The second-order valence-corrected chi connectivity index (χ2v) is 4.76. The van der Waals surface area contributed by atoms with Gasteiger partial charge in [0.2, 0.25) is 5.91 Å². The average Bonchev–Trinajstić information content (AvgIpc) is 3.01. The molecule has 120 valence electrons. The van der Waals surface area contributed by atoms with Crippen molar-refractivity contribution >= 4 is 23.4 Å². The number of nitrogens with one attached hydrogen (secondary N) is 2. The largest absolute Gasteiger partial charge is 0.472 e. The molecule has 0 unspecified atom stereocenters. The van der Waals surface area contributed by atoms with Gasteiger partial charge in [0.25, 0.3) is 11.8 Å². The zero-order valence-electron chi connectivity index (χ0n) is 12.1. The van der Waals surface area contributed by atoms with Crippen molar-refractivity contribution in [3.63, 3.8) is 0 Å². The second-order valence-electron chi connectivity index (χ2n) is 4.76. The molecule has 0 saturated carbocycles. The van der Waals surface area contributed by atoms with E-state index in [0.29, 0.717) is 0 Å². The van der Waals surface area contributed by atoms with Crippen LogP contribution in [0.25, 0.3) is 0 Å². The normalized spacial score (nSPS) is 11.6. The number of benzene rings is 1. The summed E-state index contributed by atoms with van der Waals surface area (Å²) < 4.78 is 18.4. The number of amides is 3. The van der Waals surface area contributed by atoms with E-state index in [1.54, 1.807) is 0 Å². The van der Waals surface area contributed by atoms with Crippen LogP contribution in [-0.2, 0) is 4.79 Å². The van der Waals surface area contributed by atoms with E-state index < -0.39 is 29.6 Å². The van der Waals surface area contributed by atoms with Gasteiger partial charge < -0.3 is 20.8 Å². The van der Waals surface area contributed by atoms with E-state index >= 15 is 0 Å². The molecule has 1 aromatic heterocycles. The number of anilines is 1. The molecule has 1 atom stereocenters. The van der Waals surface area contributed by atoms with Gasteiger partial charge in [-0.1, -0.05) is 0 Å². The molecule has 23 heavy (non-hydrogen) atoms.